The summed E-state index contributed by atoms with van der Waals surface area (Å²) in [6.45, 7) is 5.94. The van der Waals surface area contributed by atoms with Crippen molar-refractivity contribution in [2.75, 3.05) is 13.1 Å². The van der Waals surface area contributed by atoms with Gasteiger partial charge >= 0.3 is 5.97 Å². The van der Waals surface area contributed by atoms with E-state index in [9.17, 15) is 19.8 Å². The van der Waals surface area contributed by atoms with Gasteiger partial charge in [-0.15, -0.1) is 0 Å². The molecule has 21 heavy (non-hydrogen) atoms. The SMILES string of the molecule is CCCC1(O)CN(C(=O)c2c(C)ccc(C)c2C(=O)O)C1. The fraction of sp³-hybridized carbons (Fsp3) is 0.500. The average molecular weight is 291 g/mol. The number of carbonyl (C=O) groups excluding carboxylic acids is 1. The number of carbonyl (C=O) groups is 2. The van der Waals surface area contributed by atoms with Gasteiger partial charge in [0.25, 0.3) is 5.91 Å². The summed E-state index contributed by atoms with van der Waals surface area (Å²) >= 11 is 0. The average Bonchev–Trinajstić information content (AvgIpc) is 2.37. The third-order valence-electron chi connectivity index (χ3n) is 4.02. The van der Waals surface area contributed by atoms with Crippen molar-refractivity contribution in [3.05, 3.63) is 34.4 Å². The second-order valence-corrected chi connectivity index (χ2v) is 5.89. The minimum atomic E-state index is -1.09. The molecule has 1 fully saturated rings. The van der Waals surface area contributed by atoms with Crippen LogP contribution in [-0.4, -0.2) is 45.7 Å². The molecular formula is C16H21NO4. The van der Waals surface area contributed by atoms with E-state index in [2.05, 4.69) is 0 Å². The molecule has 1 saturated heterocycles. The number of nitrogens with zero attached hydrogens (tertiary/aromatic N) is 1. The predicted octanol–water partition coefficient (Wildman–Crippen LogP) is 1.99. The van der Waals surface area contributed by atoms with E-state index in [1.807, 2.05) is 6.92 Å². The van der Waals surface area contributed by atoms with Crippen LogP contribution in [0.2, 0.25) is 0 Å². The lowest BCUT2D eigenvalue weighted by atomic mass is 9.87. The van der Waals surface area contributed by atoms with Gasteiger partial charge in [0.2, 0.25) is 0 Å². The molecule has 0 spiro atoms. The molecule has 0 bridgehead atoms. The zero-order valence-electron chi connectivity index (χ0n) is 12.6. The Balaban J connectivity index is 2.30. The maximum absolute atomic E-state index is 12.6. The summed E-state index contributed by atoms with van der Waals surface area (Å²) < 4.78 is 0. The van der Waals surface area contributed by atoms with Gasteiger partial charge in [0.05, 0.1) is 29.8 Å². The van der Waals surface area contributed by atoms with E-state index in [0.29, 0.717) is 17.5 Å². The molecule has 2 N–H and O–H groups in total. The molecule has 1 aliphatic heterocycles. The Morgan fingerprint density at radius 1 is 1.19 bits per heavy atom. The zero-order valence-corrected chi connectivity index (χ0v) is 12.6. The summed E-state index contributed by atoms with van der Waals surface area (Å²) in [7, 11) is 0. The van der Waals surface area contributed by atoms with Crippen molar-refractivity contribution < 1.29 is 19.8 Å². The van der Waals surface area contributed by atoms with E-state index in [0.717, 1.165) is 6.42 Å². The topological polar surface area (TPSA) is 77.8 Å². The van der Waals surface area contributed by atoms with E-state index in [1.54, 1.807) is 26.0 Å². The lowest BCUT2D eigenvalue weighted by molar-refractivity contribution is -0.0860. The molecule has 0 atom stereocenters. The Labute approximate surface area is 124 Å². The first kappa shape index (κ1) is 15.5. The minimum absolute atomic E-state index is 0.0610. The van der Waals surface area contributed by atoms with Crippen LogP contribution in [0.5, 0.6) is 0 Å². The molecule has 0 aromatic heterocycles. The van der Waals surface area contributed by atoms with Gasteiger partial charge in [0.1, 0.15) is 0 Å². The highest BCUT2D eigenvalue weighted by Crippen LogP contribution is 2.29. The molecule has 0 saturated carbocycles. The number of aliphatic hydroxyl groups is 1. The van der Waals surface area contributed by atoms with E-state index in [4.69, 9.17) is 0 Å². The number of carboxylic acid groups (broad SMARTS) is 1. The first-order chi connectivity index (χ1) is 9.79. The predicted molar refractivity (Wildman–Crippen MR) is 78.6 cm³/mol. The number of likely N-dealkylation sites (tertiary alicyclic amines) is 1. The van der Waals surface area contributed by atoms with Crippen molar-refractivity contribution in [2.24, 2.45) is 0 Å². The number of aryl methyl sites for hydroxylation is 2. The lowest BCUT2D eigenvalue weighted by Gasteiger charge is -2.46. The third-order valence-corrected chi connectivity index (χ3v) is 4.02. The van der Waals surface area contributed by atoms with Gasteiger partial charge in [-0.25, -0.2) is 4.79 Å². The number of hydrogen-bond donors (Lipinski definition) is 2. The van der Waals surface area contributed by atoms with Gasteiger partial charge in [-0.1, -0.05) is 25.5 Å². The van der Waals surface area contributed by atoms with Crippen LogP contribution in [0.1, 0.15) is 51.6 Å². The number of amides is 1. The summed E-state index contributed by atoms with van der Waals surface area (Å²) in [5.74, 6) is -1.40. The molecule has 0 radical (unpaired) electrons. The molecule has 0 unspecified atom stereocenters. The molecule has 5 heteroatoms. The number of benzene rings is 1. The van der Waals surface area contributed by atoms with Crippen LogP contribution in [0, 0.1) is 13.8 Å². The van der Waals surface area contributed by atoms with Crippen LogP contribution in [0.3, 0.4) is 0 Å². The highest BCUT2D eigenvalue weighted by molar-refractivity contribution is 6.07. The van der Waals surface area contributed by atoms with E-state index >= 15 is 0 Å². The minimum Gasteiger partial charge on any atom is -0.478 e. The Morgan fingerprint density at radius 3 is 2.19 bits per heavy atom. The van der Waals surface area contributed by atoms with Crippen LogP contribution >= 0.6 is 0 Å². The van der Waals surface area contributed by atoms with Crippen LogP contribution < -0.4 is 0 Å². The molecule has 1 aromatic carbocycles. The first-order valence-corrected chi connectivity index (χ1v) is 7.14. The van der Waals surface area contributed by atoms with Gasteiger partial charge in [-0.05, 0) is 31.4 Å². The number of carboxylic acids is 1. The van der Waals surface area contributed by atoms with Gasteiger partial charge in [0.15, 0.2) is 0 Å². The number of hydrogen-bond acceptors (Lipinski definition) is 3. The highest BCUT2D eigenvalue weighted by Gasteiger charge is 2.43. The van der Waals surface area contributed by atoms with E-state index in [1.165, 1.54) is 4.90 Å². The molecule has 1 heterocycles. The van der Waals surface area contributed by atoms with E-state index < -0.39 is 11.6 Å². The van der Waals surface area contributed by atoms with Gasteiger partial charge < -0.3 is 15.1 Å². The second kappa shape index (κ2) is 5.48. The Morgan fingerprint density at radius 2 is 1.71 bits per heavy atom. The normalized spacial score (nSPS) is 16.5. The molecule has 114 valence electrons. The molecule has 5 nitrogen and oxygen atoms in total. The number of aromatic carboxylic acids is 1. The van der Waals surface area contributed by atoms with Gasteiger partial charge in [-0.3, -0.25) is 4.79 Å². The zero-order chi connectivity index (χ0) is 15.8. The molecule has 0 aliphatic carbocycles. The van der Waals surface area contributed by atoms with Crippen LogP contribution in [0.25, 0.3) is 0 Å². The third kappa shape index (κ3) is 2.78. The molecule has 1 aliphatic rings. The number of β-amino-alcohol motifs (C(OH)–C–C–N with tert-alkyl or cyclic N) is 1. The van der Waals surface area contributed by atoms with Crippen molar-refractivity contribution in [1.29, 1.82) is 0 Å². The molecular weight excluding hydrogens is 270 g/mol. The van der Waals surface area contributed by atoms with Gasteiger partial charge in [0, 0.05) is 0 Å². The maximum atomic E-state index is 12.6. The monoisotopic (exact) mass is 291 g/mol. The van der Waals surface area contributed by atoms with Crippen molar-refractivity contribution in [2.45, 2.75) is 39.2 Å². The quantitative estimate of drug-likeness (QED) is 0.889. The first-order valence-electron chi connectivity index (χ1n) is 7.14. The summed E-state index contributed by atoms with van der Waals surface area (Å²) in [5.41, 5.74) is 0.702. The summed E-state index contributed by atoms with van der Waals surface area (Å²) in [4.78, 5) is 25.5. The Bertz CT molecular complexity index is 588. The second-order valence-electron chi connectivity index (χ2n) is 5.89. The van der Waals surface area contributed by atoms with Crippen LogP contribution in [0.15, 0.2) is 12.1 Å². The molecule has 1 amide bonds. The van der Waals surface area contributed by atoms with Crippen LogP contribution in [0.4, 0.5) is 0 Å². The van der Waals surface area contributed by atoms with Crippen LogP contribution in [-0.2, 0) is 0 Å². The standard InChI is InChI=1S/C16H21NO4/c1-4-7-16(21)8-17(9-16)14(18)12-10(2)5-6-11(3)13(12)15(19)20/h5-6,21H,4,7-9H2,1-3H3,(H,19,20). The molecule has 2 rings (SSSR count). The maximum Gasteiger partial charge on any atom is 0.336 e. The van der Waals surface area contributed by atoms with Crippen molar-refractivity contribution >= 4 is 11.9 Å². The van der Waals surface area contributed by atoms with Crippen molar-refractivity contribution in [1.82, 2.24) is 4.90 Å². The Hall–Kier alpha value is -1.88. The van der Waals surface area contributed by atoms with Crippen molar-refractivity contribution in [3.63, 3.8) is 0 Å². The highest BCUT2D eigenvalue weighted by atomic mass is 16.4. The smallest absolute Gasteiger partial charge is 0.336 e. The summed E-state index contributed by atoms with van der Waals surface area (Å²) in [6.07, 6.45) is 1.50. The number of rotatable bonds is 4. The summed E-state index contributed by atoms with van der Waals surface area (Å²) in [5, 5.41) is 19.5. The lowest BCUT2D eigenvalue weighted by Crippen LogP contribution is -2.63. The van der Waals surface area contributed by atoms with Gasteiger partial charge in [-0.2, -0.15) is 0 Å². The summed E-state index contributed by atoms with van der Waals surface area (Å²) in [6, 6.07) is 3.46. The fourth-order valence-corrected chi connectivity index (χ4v) is 2.95. The van der Waals surface area contributed by atoms with Crippen molar-refractivity contribution in [3.8, 4) is 0 Å². The molecule has 1 aromatic rings. The fourth-order valence-electron chi connectivity index (χ4n) is 2.95. The largest absolute Gasteiger partial charge is 0.478 e. The van der Waals surface area contributed by atoms with E-state index in [-0.39, 0.29) is 30.1 Å². The Kier molecular flexibility index (Phi) is 4.05.